The maximum atomic E-state index is 13.3. The minimum Gasteiger partial charge on any atom is -0.353 e. The van der Waals surface area contributed by atoms with Crippen LogP contribution in [-0.4, -0.2) is 18.2 Å². The summed E-state index contributed by atoms with van der Waals surface area (Å²) in [6, 6.07) is 0. The summed E-state index contributed by atoms with van der Waals surface area (Å²) < 4.78 is 0. The van der Waals surface area contributed by atoms with Crippen LogP contribution in [0.15, 0.2) is 117 Å². The van der Waals surface area contributed by atoms with E-state index < -0.39 is 0 Å². The molecule has 2 aliphatic rings. The Morgan fingerprint density at radius 3 is 2.07 bits per heavy atom. The Bertz CT molecular complexity index is 1640. The highest BCUT2D eigenvalue weighted by molar-refractivity contribution is 5.91. The van der Waals surface area contributed by atoms with Gasteiger partial charge in [0.05, 0.1) is 0 Å². The second kappa shape index (κ2) is 25.1. The number of amides is 1. The van der Waals surface area contributed by atoms with Crippen molar-refractivity contribution < 1.29 is 9.59 Å². The van der Waals surface area contributed by atoms with Gasteiger partial charge in [-0.25, -0.2) is 0 Å². The van der Waals surface area contributed by atoms with Crippen LogP contribution in [0.25, 0.3) is 0 Å². The first kappa shape index (κ1) is 49.7. The molecule has 0 saturated carbocycles. The van der Waals surface area contributed by atoms with Crippen LogP contribution >= 0.6 is 0 Å². The van der Waals surface area contributed by atoms with Crippen LogP contribution in [0.1, 0.15) is 179 Å². The van der Waals surface area contributed by atoms with Gasteiger partial charge in [-0.05, 0) is 158 Å². The monoisotopic (exact) mass is 778 g/mol. The molecule has 2 unspecified atom stereocenters. The predicted molar refractivity (Wildman–Crippen MR) is 250 cm³/mol. The van der Waals surface area contributed by atoms with Gasteiger partial charge in [0.2, 0.25) is 5.91 Å². The molecule has 0 aromatic heterocycles. The van der Waals surface area contributed by atoms with Crippen LogP contribution in [-0.2, 0) is 9.59 Å². The van der Waals surface area contributed by atoms with Gasteiger partial charge >= 0.3 is 0 Å². The third-order valence-electron chi connectivity index (χ3n) is 12.6. The summed E-state index contributed by atoms with van der Waals surface area (Å²) in [6.07, 6.45) is 36.8. The Morgan fingerprint density at radius 2 is 1.42 bits per heavy atom. The molecule has 0 fully saturated rings. The molecule has 0 aromatic rings. The van der Waals surface area contributed by atoms with Crippen molar-refractivity contribution in [2.75, 3.05) is 6.54 Å². The van der Waals surface area contributed by atoms with Gasteiger partial charge in [0, 0.05) is 19.0 Å². The molecule has 0 spiro atoms. The summed E-state index contributed by atoms with van der Waals surface area (Å²) in [4.78, 5) is 26.0. The second-order valence-electron chi connectivity index (χ2n) is 19.0. The lowest BCUT2D eigenvalue weighted by Crippen LogP contribution is -2.22. The molecule has 3 nitrogen and oxygen atoms in total. The number of hydrogen-bond acceptors (Lipinski definition) is 2. The van der Waals surface area contributed by atoms with Gasteiger partial charge in [-0.3, -0.25) is 9.59 Å². The van der Waals surface area contributed by atoms with Gasteiger partial charge in [0.15, 0.2) is 5.78 Å². The fraction of sp³-hybridized carbons (Fsp3) is 0.593. The van der Waals surface area contributed by atoms with Crippen molar-refractivity contribution in [3.8, 4) is 0 Å². The predicted octanol–water partition coefficient (Wildman–Crippen LogP) is 15.5. The van der Waals surface area contributed by atoms with E-state index in [4.69, 9.17) is 0 Å². The summed E-state index contributed by atoms with van der Waals surface area (Å²) in [7, 11) is 0. The molecule has 0 radical (unpaired) electrons. The summed E-state index contributed by atoms with van der Waals surface area (Å²) in [5.41, 5.74) is 12.4. The van der Waals surface area contributed by atoms with Gasteiger partial charge in [-0.15, -0.1) is 0 Å². The van der Waals surface area contributed by atoms with Gasteiger partial charge in [-0.2, -0.15) is 0 Å². The average molecular weight is 778 g/mol. The first-order valence-electron chi connectivity index (χ1n) is 22.5. The van der Waals surface area contributed by atoms with Crippen LogP contribution in [0.3, 0.4) is 0 Å². The highest BCUT2D eigenvalue weighted by Gasteiger charge is 2.28. The fourth-order valence-corrected chi connectivity index (χ4v) is 8.78. The molecule has 1 N–H and O–H groups in total. The van der Waals surface area contributed by atoms with E-state index in [0.29, 0.717) is 24.3 Å². The molecular weight excluding hydrogens is 695 g/mol. The molecule has 2 rings (SSSR count). The van der Waals surface area contributed by atoms with Gasteiger partial charge in [-0.1, -0.05) is 149 Å². The Labute approximate surface area is 351 Å². The van der Waals surface area contributed by atoms with Crippen LogP contribution < -0.4 is 5.32 Å². The van der Waals surface area contributed by atoms with Gasteiger partial charge in [0.25, 0.3) is 0 Å². The van der Waals surface area contributed by atoms with E-state index in [-0.39, 0.29) is 23.0 Å². The molecule has 1 amide bonds. The van der Waals surface area contributed by atoms with Crippen LogP contribution in [0.4, 0.5) is 0 Å². The quantitative estimate of drug-likeness (QED) is 0.0486. The van der Waals surface area contributed by atoms with Crippen molar-refractivity contribution in [1.29, 1.82) is 0 Å². The molecule has 0 aromatic carbocycles. The molecule has 316 valence electrons. The van der Waals surface area contributed by atoms with Crippen LogP contribution in [0, 0.1) is 22.7 Å². The molecule has 0 bridgehead atoms. The minimum absolute atomic E-state index is 0.0560. The van der Waals surface area contributed by atoms with Crippen molar-refractivity contribution in [2.24, 2.45) is 22.7 Å². The van der Waals surface area contributed by atoms with Gasteiger partial charge in [0.1, 0.15) is 0 Å². The van der Waals surface area contributed by atoms with E-state index in [0.717, 1.165) is 56.1 Å². The number of rotatable bonds is 23. The minimum atomic E-state index is -0.0560. The third-order valence-corrected chi connectivity index (χ3v) is 12.6. The molecule has 2 aliphatic carbocycles. The fourth-order valence-electron chi connectivity index (χ4n) is 8.78. The van der Waals surface area contributed by atoms with E-state index >= 15 is 0 Å². The van der Waals surface area contributed by atoms with Crippen molar-refractivity contribution in [3.05, 3.63) is 117 Å². The zero-order chi connectivity index (χ0) is 42.6. The van der Waals surface area contributed by atoms with E-state index in [2.05, 4.69) is 112 Å². The molecule has 3 heteroatoms. The molecule has 57 heavy (non-hydrogen) atoms. The first-order chi connectivity index (χ1) is 26.9. The number of nitrogens with one attached hydrogen (secondary N) is 1. The average Bonchev–Trinajstić information content (AvgIpc) is 3.11. The molecule has 2 atom stereocenters. The zero-order valence-electron chi connectivity index (χ0n) is 38.8. The Balaban J connectivity index is 1.90. The maximum absolute atomic E-state index is 13.3. The summed E-state index contributed by atoms with van der Waals surface area (Å²) >= 11 is 0. The topological polar surface area (TPSA) is 46.2 Å². The lowest BCUT2D eigenvalue weighted by molar-refractivity contribution is -0.116. The molecule has 0 aliphatic heterocycles. The maximum Gasteiger partial charge on any atom is 0.244 e. The Kier molecular flexibility index (Phi) is 21.9. The number of carbonyl (C=O) groups is 2. The Morgan fingerprint density at radius 1 is 0.789 bits per heavy atom. The summed E-state index contributed by atoms with van der Waals surface area (Å²) in [5.74, 6) is 0.624. The normalized spacial score (nSPS) is 19.6. The number of allylic oxidation sites excluding steroid dienone is 18. The van der Waals surface area contributed by atoms with E-state index in [1.54, 1.807) is 23.3 Å². The van der Waals surface area contributed by atoms with Gasteiger partial charge < -0.3 is 5.32 Å². The zero-order valence-corrected chi connectivity index (χ0v) is 38.8. The SMILES string of the molecule is C=C(C(C)CCCC)C(CCCCNC(=O)/C=C(C)/C=C/C=C(\C)CCC1=C(C)CCCC1(C)C)CC(=O)/C=C(C)/C=C/C=C(C)/C=C/C1=C(C)CCCC1(C)C. The summed E-state index contributed by atoms with van der Waals surface area (Å²) in [5, 5.41) is 3.07. The molecule has 0 saturated heterocycles. The number of carbonyl (C=O) groups excluding carboxylic acids is 2. The highest BCUT2D eigenvalue weighted by atomic mass is 16.1. The molecular formula is C54H83NO2. The van der Waals surface area contributed by atoms with E-state index in [9.17, 15) is 9.59 Å². The van der Waals surface area contributed by atoms with Crippen molar-refractivity contribution in [1.82, 2.24) is 5.32 Å². The highest BCUT2D eigenvalue weighted by Crippen LogP contribution is 2.43. The Hall–Kier alpha value is -3.46. The second-order valence-corrected chi connectivity index (χ2v) is 19.0. The van der Waals surface area contributed by atoms with Crippen molar-refractivity contribution in [2.45, 2.75) is 179 Å². The standard InChI is InChI=1S/C54H83NO2/c1-14-15-26-44(6)47(9)48(39-49(56)37-42(4)24-18-22-40(2)30-32-50-45(7)27-20-34-53(50,10)11)29-16-17-36-55-52(57)38-43(5)25-19-23-41(3)31-33-51-46(8)28-21-35-54(51,12)13/h18-19,22-25,30,32,37-38,44,48H,9,14-17,20-21,26-29,31,33-36,39H2,1-8,10-13H3,(H,55,57)/b24-18+,25-19+,32-30+,40-22+,41-23+,42-37+,43-38+. The molecule has 0 heterocycles. The smallest absolute Gasteiger partial charge is 0.244 e. The third kappa shape index (κ3) is 18.8. The largest absolute Gasteiger partial charge is 0.353 e. The van der Waals surface area contributed by atoms with Crippen molar-refractivity contribution >= 4 is 11.7 Å². The number of ketones is 1. The lowest BCUT2D eigenvalue weighted by atomic mass is 9.71. The van der Waals surface area contributed by atoms with Crippen LogP contribution in [0.2, 0.25) is 0 Å². The van der Waals surface area contributed by atoms with Crippen LogP contribution in [0.5, 0.6) is 0 Å². The first-order valence-corrected chi connectivity index (χ1v) is 22.5. The van der Waals surface area contributed by atoms with E-state index in [1.165, 1.54) is 72.8 Å². The summed E-state index contributed by atoms with van der Waals surface area (Å²) in [6.45, 7) is 32.0. The van der Waals surface area contributed by atoms with Crippen molar-refractivity contribution in [3.63, 3.8) is 0 Å². The number of unbranched alkanes of at least 4 members (excludes halogenated alkanes) is 2. The lowest BCUT2D eigenvalue weighted by Gasteiger charge is -2.34. The number of hydrogen-bond donors (Lipinski definition) is 1. The van der Waals surface area contributed by atoms with E-state index in [1.807, 2.05) is 32.1 Å².